The van der Waals surface area contributed by atoms with Gasteiger partial charge in [0.2, 0.25) is 0 Å². The molecule has 0 spiro atoms. The summed E-state index contributed by atoms with van der Waals surface area (Å²) in [6.07, 6.45) is 1.84. The second kappa shape index (κ2) is 8.67. The summed E-state index contributed by atoms with van der Waals surface area (Å²) in [5.41, 5.74) is 5.98. The van der Waals surface area contributed by atoms with Crippen LogP contribution in [0.2, 0.25) is 0 Å². The van der Waals surface area contributed by atoms with Crippen LogP contribution in [-0.2, 0) is 16.1 Å². The van der Waals surface area contributed by atoms with Gasteiger partial charge in [0.1, 0.15) is 5.70 Å². The number of hydrogen-bond donors (Lipinski definition) is 1. The zero-order valence-electron chi connectivity index (χ0n) is 18.5. The molecule has 0 saturated carbocycles. The Morgan fingerprint density at radius 3 is 2.35 bits per heavy atom. The summed E-state index contributed by atoms with van der Waals surface area (Å²) in [7, 11) is 0. The number of nitrogens with zero attached hydrogens (tertiary/aromatic N) is 2. The van der Waals surface area contributed by atoms with Gasteiger partial charge in [0.05, 0.1) is 12.1 Å². The first kappa shape index (κ1) is 21.3. The van der Waals surface area contributed by atoms with Crippen molar-refractivity contribution in [1.29, 1.82) is 0 Å². The van der Waals surface area contributed by atoms with Crippen LogP contribution in [0.3, 0.4) is 0 Å². The molecule has 162 valence electrons. The van der Waals surface area contributed by atoms with E-state index in [-0.39, 0.29) is 30.9 Å². The summed E-state index contributed by atoms with van der Waals surface area (Å²) < 4.78 is 0. The van der Waals surface area contributed by atoms with Gasteiger partial charge in [-0.1, -0.05) is 53.6 Å². The molecular formula is C26H30N2O3. The Labute approximate surface area is 184 Å². The average Bonchev–Trinajstić information content (AvgIpc) is 3.00. The van der Waals surface area contributed by atoms with E-state index in [1.54, 1.807) is 0 Å². The number of piperidine rings is 1. The SMILES string of the molecule is Cc1ccc(CN2C(=O)C(c3ccc(C)cc3C)=C(N3CCCC(CO)C3)C2=O)cc1. The van der Waals surface area contributed by atoms with Gasteiger partial charge in [-0.15, -0.1) is 0 Å². The minimum atomic E-state index is -0.237. The van der Waals surface area contributed by atoms with Crippen LogP contribution in [0, 0.1) is 26.7 Å². The molecule has 1 unspecified atom stereocenters. The van der Waals surface area contributed by atoms with Crippen molar-refractivity contribution in [2.24, 2.45) is 5.92 Å². The topological polar surface area (TPSA) is 60.9 Å². The van der Waals surface area contributed by atoms with Crippen LogP contribution < -0.4 is 0 Å². The van der Waals surface area contributed by atoms with Crippen molar-refractivity contribution in [3.8, 4) is 0 Å². The van der Waals surface area contributed by atoms with Crippen LogP contribution in [0.25, 0.3) is 5.57 Å². The monoisotopic (exact) mass is 418 g/mol. The van der Waals surface area contributed by atoms with Gasteiger partial charge < -0.3 is 10.0 Å². The van der Waals surface area contributed by atoms with Gasteiger partial charge in [-0.2, -0.15) is 0 Å². The van der Waals surface area contributed by atoms with Crippen molar-refractivity contribution in [2.45, 2.75) is 40.2 Å². The maximum absolute atomic E-state index is 13.6. The molecule has 2 aromatic carbocycles. The first-order chi connectivity index (χ1) is 14.9. The second-order valence-electron chi connectivity index (χ2n) is 8.86. The van der Waals surface area contributed by atoms with Crippen molar-refractivity contribution in [1.82, 2.24) is 9.80 Å². The smallest absolute Gasteiger partial charge is 0.278 e. The van der Waals surface area contributed by atoms with Crippen molar-refractivity contribution >= 4 is 17.4 Å². The Kier molecular flexibility index (Phi) is 5.96. The highest BCUT2D eigenvalue weighted by Crippen LogP contribution is 2.36. The lowest BCUT2D eigenvalue weighted by Gasteiger charge is -2.34. The fourth-order valence-corrected chi connectivity index (χ4v) is 4.63. The van der Waals surface area contributed by atoms with E-state index in [1.807, 2.05) is 68.1 Å². The average molecular weight is 419 g/mol. The van der Waals surface area contributed by atoms with E-state index in [4.69, 9.17) is 0 Å². The van der Waals surface area contributed by atoms with Crippen LogP contribution in [-0.4, -0.2) is 46.4 Å². The summed E-state index contributed by atoms with van der Waals surface area (Å²) in [4.78, 5) is 30.6. The molecule has 2 aliphatic rings. The van der Waals surface area contributed by atoms with Crippen LogP contribution in [0.5, 0.6) is 0 Å². The fraction of sp³-hybridized carbons (Fsp3) is 0.385. The number of carbonyl (C=O) groups is 2. The van der Waals surface area contributed by atoms with E-state index in [1.165, 1.54) is 4.90 Å². The van der Waals surface area contributed by atoms with Gasteiger partial charge in [-0.25, -0.2) is 0 Å². The maximum Gasteiger partial charge on any atom is 0.278 e. The minimum absolute atomic E-state index is 0.0951. The summed E-state index contributed by atoms with van der Waals surface area (Å²) in [6, 6.07) is 13.9. The van der Waals surface area contributed by atoms with E-state index < -0.39 is 0 Å². The van der Waals surface area contributed by atoms with Gasteiger partial charge in [0.25, 0.3) is 11.8 Å². The third kappa shape index (κ3) is 4.15. The van der Waals surface area contributed by atoms with Crippen LogP contribution >= 0.6 is 0 Å². The van der Waals surface area contributed by atoms with E-state index in [0.29, 0.717) is 17.8 Å². The molecule has 4 rings (SSSR count). The standard InChI is InChI=1S/C26H30N2O3/c1-17-6-9-20(10-7-17)15-28-25(30)23(22-11-8-18(2)13-19(22)3)24(26(28)31)27-12-4-5-21(14-27)16-29/h6-11,13,21,29H,4-5,12,14-16H2,1-3H3. The quantitative estimate of drug-likeness (QED) is 0.754. The molecule has 1 atom stereocenters. The van der Waals surface area contributed by atoms with Gasteiger partial charge in [-0.05, 0) is 56.2 Å². The van der Waals surface area contributed by atoms with Crippen LogP contribution in [0.15, 0.2) is 48.2 Å². The molecule has 1 fully saturated rings. The normalized spacial score (nSPS) is 19.5. The number of likely N-dealkylation sites (tertiary alicyclic amines) is 1. The lowest BCUT2D eigenvalue weighted by atomic mass is 9.95. The van der Waals surface area contributed by atoms with Crippen molar-refractivity contribution in [3.05, 3.63) is 76.0 Å². The zero-order chi connectivity index (χ0) is 22.1. The highest BCUT2D eigenvalue weighted by molar-refractivity contribution is 6.35. The number of imide groups is 1. The number of aliphatic hydroxyl groups is 1. The molecule has 1 saturated heterocycles. The number of aryl methyl sites for hydroxylation is 3. The number of amides is 2. The maximum atomic E-state index is 13.6. The highest BCUT2D eigenvalue weighted by Gasteiger charge is 2.42. The molecule has 0 aliphatic carbocycles. The third-order valence-electron chi connectivity index (χ3n) is 6.35. The van der Waals surface area contributed by atoms with Crippen LogP contribution in [0.1, 0.15) is 40.7 Å². The second-order valence-corrected chi connectivity index (χ2v) is 8.86. The number of hydrogen-bond acceptors (Lipinski definition) is 4. The third-order valence-corrected chi connectivity index (χ3v) is 6.35. The molecule has 5 nitrogen and oxygen atoms in total. The predicted octanol–water partition coefficient (Wildman–Crippen LogP) is 3.60. The number of benzene rings is 2. The van der Waals surface area contributed by atoms with Crippen molar-refractivity contribution < 1.29 is 14.7 Å². The fourth-order valence-electron chi connectivity index (χ4n) is 4.63. The molecule has 2 amide bonds. The Bertz CT molecular complexity index is 1040. The zero-order valence-corrected chi connectivity index (χ0v) is 18.5. The molecule has 31 heavy (non-hydrogen) atoms. The lowest BCUT2D eigenvalue weighted by molar-refractivity contribution is -0.138. The first-order valence-corrected chi connectivity index (χ1v) is 11.0. The van der Waals surface area contributed by atoms with E-state index in [2.05, 4.69) is 0 Å². The Morgan fingerprint density at radius 1 is 0.968 bits per heavy atom. The summed E-state index contributed by atoms with van der Waals surface area (Å²) in [6.45, 7) is 7.69. The van der Waals surface area contributed by atoms with Gasteiger partial charge in [0.15, 0.2) is 0 Å². The first-order valence-electron chi connectivity index (χ1n) is 11.0. The largest absolute Gasteiger partial charge is 0.396 e. The van der Waals surface area contributed by atoms with E-state index in [0.717, 1.165) is 47.2 Å². The highest BCUT2D eigenvalue weighted by atomic mass is 16.3. The van der Waals surface area contributed by atoms with Crippen molar-refractivity contribution in [3.63, 3.8) is 0 Å². The van der Waals surface area contributed by atoms with E-state index >= 15 is 0 Å². The van der Waals surface area contributed by atoms with Gasteiger partial charge in [0, 0.05) is 19.7 Å². The molecule has 0 bridgehead atoms. The molecule has 0 aromatic heterocycles. The Morgan fingerprint density at radius 2 is 1.68 bits per heavy atom. The summed E-state index contributed by atoms with van der Waals surface area (Å²) >= 11 is 0. The molecule has 2 aromatic rings. The summed E-state index contributed by atoms with van der Waals surface area (Å²) in [5.74, 6) is -0.353. The molecule has 1 N–H and O–H groups in total. The molecule has 0 radical (unpaired) electrons. The van der Waals surface area contributed by atoms with Crippen molar-refractivity contribution in [2.75, 3.05) is 19.7 Å². The van der Waals surface area contributed by atoms with E-state index in [9.17, 15) is 14.7 Å². The molecule has 5 heteroatoms. The Hall–Kier alpha value is -2.92. The minimum Gasteiger partial charge on any atom is -0.396 e. The Balaban J connectivity index is 1.76. The number of rotatable bonds is 5. The van der Waals surface area contributed by atoms with Crippen LogP contribution in [0.4, 0.5) is 0 Å². The molecule has 2 aliphatic heterocycles. The predicted molar refractivity (Wildman–Crippen MR) is 121 cm³/mol. The molecule has 2 heterocycles. The summed E-state index contributed by atoms with van der Waals surface area (Å²) in [5, 5.41) is 9.69. The lowest BCUT2D eigenvalue weighted by Crippen LogP contribution is -2.40. The number of carbonyl (C=O) groups excluding carboxylic acids is 2. The molecular weight excluding hydrogens is 388 g/mol. The number of aliphatic hydroxyl groups excluding tert-OH is 1. The van der Waals surface area contributed by atoms with Gasteiger partial charge in [-0.3, -0.25) is 14.5 Å². The van der Waals surface area contributed by atoms with Gasteiger partial charge >= 0.3 is 0 Å².